The summed E-state index contributed by atoms with van der Waals surface area (Å²) in [6.45, 7) is 4.54. The average Bonchev–Trinajstić information content (AvgIpc) is 2.43. The van der Waals surface area contributed by atoms with Crippen LogP contribution in [0.2, 0.25) is 5.02 Å². The highest BCUT2D eigenvalue weighted by atomic mass is 35.5. The van der Waals surface area contributed by atoms with E-state index >= 15 is 0 Å². The van der Waals surface area contributed by atoms with Crippen molar-refractivity contribution in [3.8, 4) is 0 Å². The monoisotopic (exact) mass is 299 g/mol. The summed E-state index contributed by atoms with van der Waals surface area (Å²) in [5.41, 5.74) is 6.78. The topological polar surface area (TPSA) is 78.6 Å². The molecule has 0 saturated heterocycles. The normalized spacial score (nSPS) is 10.8. The van der Waals surface area contributed by atoms with Gasteiger partial charge in [0.25, 0.3) is 0 Å². The molecule has 0 aromatic heterocycles. The minimum Gasteiger partial charge on any atom is -0.397 e. The van der Waals surface area contributed by atoms with E-state index in [4.69, 9.17) is 22.4 Å². The van der Waals surface area contributed by atoms with E-state index in [2.05, 4.69) is 10.2 Å². The number of nitrogens with two attached hydrogens (primary N) is 1. The fraction of sp³-hybridized carbons (Fsp3) is 0.500. The Balaban J connectivity index is 2.40. The number of benzene rings is 1. The Morgan fingerprint density at radius 2 is 2.20 bits per heavy atom. The van der Waals surface area contributed by atoms with Crippen molar-refractivity contribution < 1.29 is 9.90 Å². The van der Waals surface area contributed by atoms with Crippen molar-refractivity contribution in [2.75, 3.05) is 37.3 Å². The van der Waals surface area contributed by atoms with E-state index in [0.29, 0.717) is 29.4 Å². The third-order valence-corrected chi connectivity index (χ3v) is 3.36. The highest BCUT2D eigenvalue weighted by Gasteiger charge is 2.07. The Kier molecular flexibility index (Phi) is 7.36. The molecule has 0 radical (unpaired) electrons. The van der Waals surface area contributed by atoms with Gasteiger partial charge in [-0.15, -0.1) is 0 Å². The minimum absolute atomic E-state index is 0.0610. The molecule has 0 aliphatic carbocycles. The van der Waals surface area contributed by atoms with E-state index < -0.39 is 0 Å². The first kappa shape index (κ1) is 16.8. The lowest BCUT2D eigenvalue weighted by atomic mass is 10.2. The molecule has 0 aliphatic rings. The highest BCUT2D eigenvalue weighted by molar-refractivity contribution is 6.33. The van der Waals surface area contributed by atoms with E-state index in [1.165, 1.54) is 0 Å². The second kappa shape index (κ2) is 8.79. The average molecular weight is 300 g/mol. The van der Waals surface area contributed by atoms with Crippen molar-refractivity contribution in [3.05, 3.63) is 23.2 Å². The predicted octanol–water partition coefficient (Wildman–Crippen LogP) is 1.96. The molecule has 1 rings (SSSR count). The first-order valence-corrected chi connectivity index (χ1v) is 7.12. The number of aliphatic hydroxyl groups is 1. The van der Waals surface area contributed by atoms with Gasteiger partial charge in [-0.2, -0.15) is 0 Å². The summed E-state index contributed by atoms with van der Waals surface area (Å²) in [6, 6.07) is 5.02. The maximum absolute atomic E-state index is 11.8. The van der Waals surface area contributed by atoms with Crippen LogP contribution in [0, 0.1) is 0 Å². The van der Waals surface area contributed by atoms with Crippen LogP contribution in [0.4, 0.5) is 11.4 Å². The van der Waals surface area contributed by atoms with Crippen LogP contribution in [0.5, 0.6) is 0 Å². The molecule has 1 amide bonds. The quantitative estimate of drug-likeness (QED) is 0.641. The molecular formula is C14H22ClN3O2. The fourth-order valence-corrected chi connectivity index (χ4v) is 1.94. The van der Waals surface area contributed by atoms with E-state index in [0.717, 1.165) is 19.5 Å². The Morgan fingerprint density at radius 1 is 1.45 bits per heavy atom. The molecule has 0 unspecified atom stereocenters. The first-order valence-electron chi connectivity index (χ1n) is 6.75. The van der Waals surface area contributed by atoms with Crippen molar-refractivity contribution in [2.45, 2.75) is 19.8 Å². The van der Waals surface area contributed by atoms with Gasteiger partial charge >= 0.3 is 0 Å². The maximum atomic E-state index is 11.8. The van der Waals surface area contributed by atoms with Gasteiger partial charge in [0, 0.05) is 31.8 Å². The van der Waals surface area contributed by atoms with Gasteiger partial charge in [0.15, 0.2) is 0 Å². The lowest BCUT2D eigenvalue weighted by Gasteiger charge is -2.19. The number of halogens is 1. The second-order valence-corrected chi connectivity index (χ2v) is 4.95. The number of carbonyl (C=O) groups is 1. The first-order chi connectivity index (χ1) is 9.56. The molecule has 5 nitrogen and oxygen atoms in total. The number of nitrogens with one attached hydrogen (secondary N) is 1. The summed E-state index contributed by atoms with van der Waals surface area (Å²) < 4.78 is 0. The lowest BCUT2D eigenvalue weighted by molar-refractivity contribution is -0.116. The maximum Gasteiger partial charge on any atom is 0.225 e. The Labute approximate surface area is 124 Å². The van der Waals surface area contributed by atoms with Crippen molar-refractivity contribution in [1.82, 2.24) is 4.90 Å². The molecule has 6 heteroatoms. The predicted molar refractivity (Wildman–Crippen MR) is 82.9 cm³/mol. The standard InChI is InChI=1S/C14H22ClN3O2/c1-2-18(7-3-9-19)8-6-14(20)17-11-4-5-12(15)13(16)10-11/h4-5,10,19H,2-3,6-9,16H2,1H3,(H,17,20). The number of anilines is 2. The van der Waals surface area contributed by atoms with Crippen LogP contribution < -0.4 is 11.1 Å². The van der Waals surface area contributed by atoms with Crippen LogP contribution in [-0.2, 0) is 4.79 Å². The summed E-state index contributed by atoms with van der Waals surface area (Å²) in [5, 5.41) is 12.1. The molecule has 112 valence electrons. The molecule has 0 aliphatic heterocycles. The van der Waals surface area contributed by atoms with E-state index in [-0.39, 0.29) is 12.5 Å². The number of amides is 1. The number of nitrogen functional groups attached to an aromatic ring is 1. The molecule has 0 spiro atoms. The van der Waals surface area contributed by atoms with Gasteiger partial charge in [0.1, 0.15) is 0 Å². The minimum atomic E-state index is -0.0610. The van der Waals surface area contributed by atoms with E-state index in [1.807, 2.05) is 6.92 Å². The molecule has 0 atom stereocenters. The van der Waals surface area contributed by atoms with Crippen molar-refractivity contribution in [1.29, 1.82) is 0 Å². The van der Waals surface area contributed by atoms with Gasteiger partial charge in [-0.1, -0.05) is 18.5 Å². The van der Waals surface area contributed by atoms with Gasteiger partial charge in [-0.25, -0.2) is 0 Å². The molecule has 0 bridgehead atoms. The number of nitrogens with zero attached hydrogens (tertiary/aromatic N) is 1. The van der Waals surface area contributed by atoms with Gasteiger partial charge in [-0.05, 0) is 31.2 Å². The number of carbonyl (C=O) groups excluding carboxylic acids is 1. The third-order valence-electron chi connectivity index (χ3n) is 3.01. The number of hydrogen-bond donors (Lipinski definition) is 3. The molecule has 1 aromatic carbocycles. The van der Waals surface area contributed by atoms with Crippen LogP contribution in [-0.4, -0.2) is 42.2 Å². The van der Waals surface area contributed by atoms with Gasteiger partial charge in [0.05, 0.1) is 10.7 Å². The molecule has 1 aromatic rings. The molecule has 4 N–H and O–H groups in total. The molecule has 0 fully saturated rings. The smallest absolute Gasteiger partial charge is 0.225 e. The summed E-state index contributed by atoms with van der Waals surface area (Å²) in [7, 11) is 0. The summed E-state index contributed by atoms with van der Waals surface area (Å²) in [5.74, 6) is -0.0610. The van der Waals surface area contributed by atoms with Crippen molar-refractivity contribution in [2.24, 2.45) is 0 Å². The number of aliphatic hydroxyl groups excluding tert-OH is 1. The lowest BCUT2D eigenvalue weighted by Crippen LogP contribution is -2.29. The van der Waals surface area contributed by atoms with Gasteiger partial charge in [-0.3, -0.25) is 4.79 Å². The zero-order chi connectivity index (χ0) is 15.0. The van der Waals surface area contributed by atoms with Gasteiger partial charge < -0.3 is 21.1 Å². The Bertz CT molecular complexity index is 440. The van der Waals surface area contributed by atoms with Crippen LogP contribution in [0.15, 0.2) is 18.2 Å². The molecular weight excluding hydrogens is 278 g/mol. The Morgan fingerprint density at radius 3 is 2.80 bits per heavy atom. The van der Waals surface area contributed by atoms with Crippen LogP contribution in [0.1, 0.15) is 19.8 Å². The Hall–Kier alpha value is -1.30. The third kappa shape index (κ3) is 5.77. The largest absolute Gasteiger partial charge is 0.397 e. The second-order valence-electron chi connectivity index (χ2n) is 4.55. The van der Waals surface area contributed by atoms with E-state index in [9.17, 15) is 4.79 Å². The van der Waals surface area contributed by atoms with Crippen LogP contribution >= 0.6 is 11.6 Å². The van der Waals surface area contributed by atoms with E-state index in [1.54, 1.807) is 18.2 Å². The molecule has 0 saturated carbocycles. The van der Waals surface area contributed by atoms with Crippen LogP contribution in [0.25, 0.3) is 0 Å². The number of hydrogen-bond acceptors (Lipinski definition) is 4. The fourth-order valence-electron chi connectivity index (χ4n) is 1.83. The zero-order valence-electron chi connectivity index (χ0n) is 11.7. The number of rotatable bonds is 8. The van der Waals surface area contributed by atoms with Gasteiger partial charge in [0.2, 0.25) is 5.91 Å². The molecule has 20 heavy (non-hydrogen) atoms. The molecule has 0 heterocycles. The SMILES string of the molecule is CCN(CCCO)CCC(=O)Nc1ccc(Cl)c(N)c1. The zero-order valence-corrected chi connectivity index (χ0v) is 12.5. The summed E-state index contributed by atoms with van der Waals surface area (Å²) in [4.78, 5) is 14.0. The van der Waals surface area contributed by atoms with Crippen molar-refractivity contribution >= 4 is 28.9 Å². The highest BCUT2D eigenvalue weighted by Crippen LogP contribution is 2.22. The van der Waals surface area contributed by atoms with Crippen molar-refractivity contribution in [3.63, 3.8) is 0 Å². The summed E-state index contributed by atoms with van der Waals surface area (Å²) in [6.07, 6.45) is 1.13. The van der Waals surface area contributed by atoms with Crippen LogP contribution in [0.3, 0.4) is 0 Å². The summed E-state index contributed by atoms with van der Waals surface area (Å²) >= 11 is 5.82.